The molecular formula is C8H12F3N5O. The number of alkyl halides is 3. The highest BCUT2D eigenvalue weighted by Crippen LogP contribution is 2.22. The number of anilines is 2. The van der Waals surface area contributed by atoms with Crippen molar-refractivity contribution in [2.45, 2.75) is 25.6 Å². The molecule has 0 radical (unpaired) electrons. The Kier molecular flexibility index (Phi) is 3.92. The summed E-state index contributed by atoms with van der Waals surface area (Å²) in [5, 5.41) is 2.47. The molecule has 1 aromatic rings. The Labute approximate surface area is 95.4 Å². The van der Waals surface area contributed by atoms with Gasteiger partial charge in [0.1, 0.15) is 0 Å². The van der Waals surface area contributed by atoms with E-state index in [2.05, 4.69) is 20.3 Å². The number of aromatic nitrogens is 3. The number of halogens is 3. The standard InChI is InChI=1S/C8H12F3N5O/c1-4(3-8(9,10)11)13-6-14-5(12)15-7(16-6)17-2/h4H,3H2,1-2H3,(H3,12,13,14,15,16). The zero-order valence-corrected chi connectivity index (χ0v) is 9.25. The SMILES string of the molecule is COc1nc(N)nc(NC(C)CC(F)(F)F)n1. The van der Waals surface area contributed by atoms with Crippen molar-refractivity contribution in [3.05, 3.63) is 0 Å². The first-order valence-corrected chi connectivity index (χ1v) is 4.69. The van der Waals surface area contributed by atoms with E-state index in [0.717, 1.165) is 0 Å². The average molecular weight is 251 g/mol. The molecule has 1 rings (SSSR count). The fourth-order valence-electron chi connectivity index (χ4n) is 1.15. The van der Waals surface area contributed by atoms with Gasteiger partial charge in [-0.3, -0.25) is 0 Å². The lowest BCUT2D eigenvalue weighted by Crippen LogP contribution is -2.25. The van der Waals surface area contributed by atoms with Gasteiger partial charge in [0.25, 0.3) is 0 Å². The van der Waals surface area contributed by atoms with E-state index < -0.39 is 18.6 Å². The van der Waals surface area contributed by atoms with Crippen LogP contribution in [-0.4, -0.2) is 34.3 Å². The number of methoxy groups -OCH3 is 1. The normalized spacial score (nSPS) is 13.2. The zero-order valence-electron chi connectivity index (χ0n) is 9.25. The molecule has 0 saturated carbocycles. The van der Waals surface area contributed by atoms with Crippen LogP contribution in [0.4, 0.5) is 25.1 Å². The number of nitrogen functional groups attached to an aromatic ring is 1. The molecule has 0 spiro atoms. The van der Waals surface area contributed by atoms with Gasteiger partial charge in [0.15, 0.2) is 0 Å². The second-order valence-corrected chi connectivity index (χ2v) is 3.37. The lowest BCUT2D eigenvalue weighted by Gasteiger charge is -2.15. The average Bonchev–Trinajstić information content (AvgIpc) is 2.13. The van der Waals surface area contributed by atoms with Crippen LogP contribution in [0.5, 0.6) is 6.01 Å². The minimum absolute atomic E-state index is 0.0499. The lowest BCUT2D eigenvalue weighted by molar-refractivity contribution is -0.136. The Bertz CT molecular complexity index is 384. The van der Waals surface area contributed by atoms with Crippen LogP contribution in [-0.2, 0) is 0 Å². The Balaban J connectivity index is 2.71. The van der Waals surface area contributed by atoms with Gasteiger partial charge in [0, 0.05) is 6.04 Å². The highest BCUT2D eigenvalue weighted by molar-refractivity contribution is 5.33. The molecule has 1 aromatic heterocycles. The summed E-state index contributed by atoms with van der Waals surface area (Å²) in [4.78, 5) is 11.0. The van der Waals surface area contributed by atoms with Crippen molar-refractivity contribution in [3.8, 4) is 6.01 Å². The summed E-state index contributed by atoms with van der Waals surface area (Å²) in [6.45, 7) is 1.36. The van der Waals surface area contributed by atoms with Crippen molar-refractivity contribution in [1.29, 1.82) is 0 Å². The quantitative estimate of drug-likeness (QED) is 0.836. The molecule has 17 heavy (non-hydrogen) atoms. The maximum Gasteiger partial charge on any atom is 0.391 e. The molecule has 3 N–H and O–H groups in total. The minimum Gasteiger partial charge on any atom is -0.467 e. The Morgan fingerprint density at radius 1 is 1.35 bits per heavy atom. The molecule has 0 bridgehead atoms. The van der Waals surface area contributed by atoms with Crippen LogP contribution in [0.3, 0.4) is 0 Å². The van der Waals surface area contributed by atoms with Gasteiger partial charge in [-0.25, -0.2) is 0 Å². The molecule has 0 aliphatic rings. The van der Waals surface area contributed by atoms with E-state index in [-0.39, 0.29) is 17.9 Å². The summed E-state index contributed by atoms with van der Waals surface area (Å²) >= 11 is 0. The number of nitrogens with one attached hydrogen (secondary N) is 1. The fourth-order valence-corrected chi connectivity index (χ4v) is 1.15. The first-order valence-electron chi connectivity index (χ1n) is 4.69. The molecule has 6 nitrogen and oxygen atoms in total. The third kappa shape index (κ3) is 4.70. The van der Waals surface area contributed by atoms with Gasteiger partial charge in [-0.1, -0.05) is 0 Å². The predicted molar refractivity (Wildman–Crippen MR) is 54.5 cm³/mol. The van der Waals surface area contributed by atoms with Crippen LogP contribution >= 0.6 is 0 Å². The van der Waals surface area contributed by atoms with Gasteiger partial charge in [-0.2, -0.15) is 28.1 Å². The Morgan fingerprint density at radius 3 is 2.53 bits per heavy atom. The first-order chi connectivity index (χ1) is 7.80. The van der Waals surface area contributed by atoms with Crippen LogP contribution in [0.25, 0.3) is 0 Å². The highest BCUT2D eigenvalue weighted by Gasteiger charge is 2.30. The van der Waals surface area contributed by atoms with Crippen LogP contribution in [0.2, 0.25) is 0 Å². The molecule has 1 heterocycles. The summed E-state index contributed by atoms with van der Waals surface area (Å²) in [6, 6.07) is -0.930. The van der Waals surface area contributed by atoms with Crippen LogP contribution in [0, 0.1) is 0 Å². The zero-order chi connectivity index (χ0) is 13.1. The van der Waals surface area contributed by atoms with Gasteiger partial charge in [-0.15, -0.1) is 0 Å². The monoisotopic (exact) mass is 251 g/mol. The largest absolute Gasteiger partial charge is 0.467 e. The summed E-state index contributed by atoms with van der Waals surface area (Å²) in [5.41, 5.74) is 5.33. The van der Waals surface area contributed by atoms with Gasteiger partial charge in [-0.05, 0) is 6.92 Å². The van der Waals surface area contributed by atoms with Gasteiger partial charge in [0.2, 0.25) is 11.9 Å². The van der Waals surface area contributed by atoms with Gasteiger partial charge in [0.05, 0.1) is 13.5 Å². The number of ether oxygens (including phenoxy) is 1. The number of hydrogen-bond donors (Lipinski definition) is 2. The van der Waals surface area contributed by atoms with Crippen LogP contribution in [0.1, 0.15) is 13.3 Å². The van der Waals surface area contributed by atoms with Crippen LogP contribution in [0.15, 0.2) is 0 Å². The summed E-state index contributed by atoms with van der Waals surface area (Å²) < 4.78 is 41.0. The first kappa shape index (κ1) is 13.3. The molecule has 0 saturated heterocycles. The molecule has 0 fully saturated rings. The minimum atomic E-state index is -4.25. The fraction of sp³-hybridized carbons (Fsp3) is 0.625. The van der Waals surface area contributed by atoms with E-state index in [9.17, 15) is 13.2 Å². The number of nitrogens with zero attached hydrogens (tertiary/aromatic N) is 3. The topological polar surface area (TPSA) is 86.0 Å². The van der Waals surface area contributed by atoms with Gasteiger partial charge >= 0.3 is 12.2 Å². The van der Waals surface area contributed by atoms with E-state index in [1.54, 1.807) is 0 Å². The van der Waals surface area contributed by atoms with E-state index >= 15 is 0 Å². The highest BCUT2D eigenvalue weighted by atomic mass is 19.4. The maximum absolute atomic E-state index is 12.1. The van der Waals surface area contributed by atoms with E-state index in [4.69, 9.17) is 10.5 Å². The Morgan fingerprint density at radius 2 is 2.00 bits per heavy atom. The van der Waals surface area contributed by atoms with Crippen molar-refractivity contribution in [2.24, 2.45) is 0 Å². The third-order valence-electron chi connectivity index (χ3n) is 1.73. The Hall–Kier alpha value is -1.80. The van der Waals surface area contributed by atoms with Crippen molar-refractivity contribution in [2.75, 3.05) is 18.2 Å². The second kappa shape index (κ2) is 5.02. The predicted octanol–water partition coefficient (Wildman–Crippen LogP) is 1.22. The maximum atomic E-state index is 12.1. The molecular weight excluding hydrogens is 239 g/mol. The van der Waals surface area contributed by atoms with Crippen LogP contribution < -0.4 is 15.8 Å². The van der Waals surface area contributed by atoms with Gasteiger partial charge < -0.3 is 15.8 Å². The second-order valence-electron chi connectivity index (χ2n) is 3.37. The number of nitrogens with two attached hydrogens (primary N) is 1. The molecule has 0 aliphatic carbocycles. The molecule has 0 amide bonds. The molecule has 9 heteroatoms. The molecule has 0 aromatic carbocycles. The molecule has 96 valence electrons. The lowest BCUT2D eigenvalue weighted by atomic mass is 10.2. The van der Waals surface area contributed by atoms with Crippen molar-refractivity contribution in [3.63, 3.8) is 0 Å². The van der Waals surface area contributed by atoms with E-state index in [0.29, 0.717) is 0 Å². The van der Waals surface area contributed by atoms with E-state index in [1.807, 2.05) is 0 Å². The summed E-state index contributed by atoms with van der Waals surface area (Å²) in [7, 11) is 1.32. The smallest absolute Gasteiger partial charge is 0.391 e. The molecule has 1 unspecified atom stereocenters. The summed E-state index contributed by atoms with van der Waals surface area (Å²) in [5.74, 6) is -0.176. The third-order valence-corrected chi connectivity index (χ3v) is 1.73. The van der Waals surface area contributed by atoms with E-state index in [1.165, 1.54) is 14.0 Å². The van der Waals surface area contributed by atoms with Crippen molar-refractivity contribution >= 4 is 11.9 Å². The van der Waals surface area contributed by atoms with Crippen molar-refractivity contribution in [1.82, 2.24) is 15.0 Å². The molecule has 1 atom stereocenters. The summed E-state index contributed by atoms with van der Waals surface area (Å²) in [6.07, 6.45) is -5.25. The number of rotatable bonds is 4. The number of hydrogen-bond acceptors (Lipinski definition) is 6. The molecule has 0 aliphatic heterocycles. The van der Waals surface area contributed by atoms with Crippen molar-refractivity contribution < 1.29 is 17.9 Å².